The van der Waals surface area contributed by atoms with E-state index >= 15 is 0 Å². The van der Waals surface area contributed by atoms with E-state index in [1.807, 2.05) is 6.08 Å². The van der Waals surface area contributed by atoms with Gasteiger partial charge in [0, 0.05) is 12.6 Å². The summed E-state index contributed by atoms with van der Waals surface area (Å²) in [5, 5.41) is 3.49. The fourth-order valence-corrected chi connectivity index (χ4v) is 1.38. The molecule has 0 radical (unpaired) electrons. The van der Waals surface area contributed by atoms with Gasteiger partial charge in [-0.05, 0) is 24.0 Å². The monoisotopic (exact) mass is 173 g/mol. The second-order valence-corrected chi connectivity index (χ2v) is 3.60. The smallest absolute Gasteiger partial charge is 0.0208 e. The van der Waals surface area contributed by atoms with Crippen molar-refractivity contribution in [1.29, 1.82) is 0 Å². The third-order valence-electron chi connectivity index (χ3n) is 2.36. The SMILES string of the molecule is C=Cc1cccc(CNC2CC2)c1. The van der Waals surface area contributed by atoms with Crippen LogP contribution in [0.1, 0.15) is 24.0 Å². The average molecular weight is 173 g/mol. The van der Waals surface area contributed by atoms with E-state index in [1.54, 1.807) is 0 Å². The Morgan fingerprint density at radius 3 is 3.00 bits per heavy atom. The largest absolute Gasteiger partial charge is 0.310 e. The second kappa shape index (κ2) is 3.75. The van der Waals surface area contributed by atoms with E-state index in [0.29, 0.717) is 0 Å². The summed E-state index contributed by atoms with van der Waals surface area (Å²) in [7, 11) is 0. The third-order valence-corrected chi connectivity index (χ3v) is 2.36. The van der Waals surface area contributed by atoms with E-state index in [4.69, 9.17) is 0 Å². The molecule has 0 saturated heterocycles. The average Bonchev–Trinajstić information content (AvgIpc) is 2.99. The Morgan fingerprint density at radius 2 is 2.31 bits per heavy atom. The van der Waals surface area contributed by atoms with Crippen LogP contribution in [0.15, 0.2) is 30.8 Å². The van der Waals surface area contributed by atoms with Gasteiger partial charge >= 0.3 is 0 Å². The summed E-state index contributed by atoms with van der Waals surface area (Å²) in [5.41, 5.74) is 2.55. The van der Waals surface area contributed by atoms with E-state index in [2.05, 4.69) is 36.2 Å². The molecular weight excluding hydrogens is 158 g/mol. The highest BCUT2D eigenvalue weighted by atomic mass is 14.9. The minimum atomic E-state index is 0.785. The fraction of sp³-hybridized carbons (Fsp3) is 0.333. The molecule has 1 aromatic rings. The Kier molecular flexibility index (Phi) is 2.46. The Hall–Kier alpha value is -1.08. The van der Waals surface area contributed by atoms with Crippen LogP contribution in [0.2, 0.25) is 0 Å². The Morgan fingerprint density at radius 1 is 1.46 bits per heavy atom. The van der Waals surface area contributed by atoms with Crippen molar-refractivity contribution in [3.63, 3.8) is 0 Å². The van der Waals surface area contributed by atoms with Gasteiger partial charge < -0.3 is 5.32 Å². The first-order valence-electron chi connectivity index (χ1n) is 4.83. The molecule has 0 amide bonds. The van der Waals surface area contributed by atoms with Gasteiger partial charge in [0.05, 0.1) is 0 Å². The van der Waals surface area contributed by atoms with Gasteiger partial charge in [-0.3, -0.25) is 0 Å². The number of nitrogens with one attached hydrogen (secondary N) is 1. The molecule has 0 heterocycles. The van der Waals surface area contributed by atoms with E-state index < -0.39 is 0 Å². The van der Waals surface area contributed by atoms with Gasteiger partial charge in [-0.15, -0.1) is 0 Å². The van der Waals surface area contributed by atoms with E-state index in [1.165, 1.54) is 24.0 Å². The molecule has 1 nitrogen and oxygen atoms in total. The molecule has 2 rings (SSSR count). The van der Waals surface area contributed by atoms with Gasteiger partial charge in [-0.1, -0.05) is 36.9 Å². The van der Waals surface area contributed by atoms with Crippen molar-refractivity contribution in [3.05, 3.63) is 42.0 Å². The minimum absolute atomic E-state index is 0.785. The predicted molar refractivity (Wildman–Crippen MR) is 56.4 cm³/mol. The zero-order valence-corrected chi connectivity index (χ0v) is 7.79. The molecule has 1 saturated carbocycles. The lowest BCUT2D eigenvalue weighted by Gasteiger charge is -2.03. The molecule has 0 spiro atoms. The molecule has 0 aliphatic heterocycles. The van der Waals surface area contributed by atoms with Crippen LogP contribution in [0.3, 0.4) is 0 Å². The lowest BCUT2D eigenvalue weighted by atomic mass is 10.1. The Labute approximate surface area is 79.5 Å². The molecule has 1 heteroatoms. The molecule has 68 valence electrons. The van der Waals surface area contributed by atoms with Gasteiger partial charge in [0.15, 0.2) is 0 Å². The van der Waals surface area contributed by atoms with E-state index in [9.17, 15) is 0 Å². The van der Waals surface area contributed by atoms with Crippen LogP contribution < -0.4 is 5.32 Å². The first-order chi connectivity index (χ1) is 6.38. The fourth-order valence-electron chi connectivity index (χ4n) is 1.38. The molecule has 1 aliphatic rings. The number of hydrogen-bond acceptors (Lipinski definition) is 1. The van der Waals surface area contributed by atoms with Crippen molar-refractivity contribution in [2.24, 2.45) is 0 Å². The summed E-state index contributed by atoms with van der Waals surface area (Å²) in [6.45, 7) is 4.75. The van der Waals surface area contributed by atoms with Crippen LogP contribution in [0.5, 0.6) is 0 Å². The maximum absolute atomic E-state index is 3.76. The highest BCUT2D eigenvalue weighted by Gasteiger charge is 2.19. The van der Waals surface area contributed by atoms with Crippen molar-refractivity contribution >= 4 is 6.08 Å². The molecular formula is C12H15N. The van der Waals surface area contributed by atoms with Crippen LogP contribution >= 0.6 is 0 Å². The summed E-state index contributed by atoms with van der Waals surface area (Å²) in [6, 6.07) is 9.28. The van der Waals surface area contributed by atoms with Gasteiger partial charge in [-0.25, -0.2) is 0 Å². The van der Waals surface area contributed by atoms with Crippen molar-refractivity contribution in [3.8, 4) is 0 Å². The molecule has 1 fully saturated rings. The summed E-state index contributed by atoms with van der Waals surface area (Å²) < 4.78 is 0. The highest BCUT2D eigenvalue weighted by molar-refractivity contribution is 5.47. The van der Waals surface area contributed by atoms with Gasteiger partial charge in [0.25, 0.3) is 0 Å². The lowest BCUT2D eigenvalue weighted by Crippen LogP contribution is -2.15. The maximum atomic E-state index is 3.76. The maximum Gasteiger partial charge on any atom is 0.0208 e. The van der Waals surface area contributed by atoms with Crippen LogP contribution in [-0.4, -0.2) is 6.04 Å². The molecule has 0 bridgehead atoms. The normalized spacial score (nSPS) is 15.7. The number of benzene rings is 1. The van der Waals surface area contributed by atoms with Crippen molar-refractivity contribution in [1.82, 2.24) is 5.32 Å². The third kappa shape index (κ3) is 2.43. The topological polar surface area (TPSA) is 12.0 Å². The predicted octanol–water partition coefficient (Wildman–Crippen LogP) is 2.58. The zero-order chi connectivity index (χ0) is 9.10. The van der Waals surface area contributed by atoms with Crippen LogP contribution in [-0.2, 0) is 6.54 Å². The van der Waals surface area contributed by atoms with E-state index in [0.717, 1.165) is 12.6 Å². The Balaban J connectivity index is 1.97. The summed E-state index contributed by atoms with van der Waals surface area (Å²) >= 11 is 0. The first kappa shape index (κ1) is 8.52. The van der Waals surface area contributed by atoms with Crippen LogP contribution in [0.4, 0.5) is 0 Å². The molecule has 1 aromatic carbocycles. The highest BCUT2D eigenvalue weighted by Crippen LogP contribution is 2.19. The molecule has 13 heavy (non-hydrogen) atoms. The van der Waals surface area contributed by atoms with Gasteiger partial charge in [-0.2, -0.15) is 0 Å². The summed E-state index contributed by atoms with van der Waals surface area (Å²) in [6.07, 6.45) is 4.59. The molecule has 0 unspecified atom stereocenters. The van der Waals surface area contributed by atoms with Crippen LogP contribution in [0, 0.1) is 0 Å². The molecule has 0 atom stereocenters. The second-order valence-electron chi connectivity index (χ2n) is 3.60. The van der Waals surface area contributed by atoms with Crippen molar-refractivity contribution in [2.75, 3.05) is 0 Å². The van der Waals surface area contributed by atoms with Crippen molar-refractivity contribution < 1.29 is 0 Å². The summed E-state index contributed by atoms with van der Waals surface area (Å²) in [4.78, 5) is 0. The number of hydrogen-bond donors (Lipinski definition) is 1. The van der Waals surface area contributed by atoms with Crippen molar-refractivity contribution in [2.45, 2.75) is 25.4 Å². The van der Waals surface area contributed by atoms with E-state index in [-0.39, 0.29) is 0 Å². The standard InChI is InChI=1S/C12H15N/c1-2-10-4-3-5-11(8-10)9-13-12-6-7-12/h2-5,8,12-13H,1,6-7,9H2. The molecule has 1 aliphatic carbocycles. The lowest BCUT2D eigenvalue weighted by molar-refractivity contribution is 0.688. The van der Waals surface area contributed by atoms with Gasteiger partial charge in [0.1, 0.15) is 0 Å². The Bertz CT molecular complexity index is 300. The first-order valence-corrected chi connectivity index (χ1v) is 4.83. The van der Waals surface area contributed by atoms with Crippen LogP contribution in [0.25, 0.3) is 6.08 Å². The summed E-state index contributed by atoms with van der Waals surface area (Å²) in [5.74, 6) is 0. The zero-order valence-electron chi connectivity index (χ0n) is 7.79. The quantitative estimate of drug-likeness (QED) is 0.738. The van der Waals surface area contributed by atoms with Gasteiger partial charge in [0.2, 0.25) is 0 Å². The molecule has 1 N–H and O–H groups in total. The number of rotatable bonds is 4. The molecule has 0 aromatic heterocycles. The minimum Gasteiger partial charge on any atom is -0.310 e.